The van der Waals surface area contributed by atoms with Crippen LogP contribution in [0, 0.1) is 0 Å². The van der Waals surface area contributed by atoms with Gasteiger partial charge in [-0.25, -0.2) is 9.69 Å². The van der Waals surface area contributed by atoms with E-state index in [1.807, 2.05) is 31.2 Å². The number of nitrogens with one attached hydrogen (secondary N) is 1. The molecular formula is C26H20Cl2N2O4. The highest BCUT2D eigenvalue weighted by Crippen LogP contribution is 2.29. The average Bonchev–Trinajstić information content (AvgIpc) is 2.82. The van der Waals surface area contributed by atoms with Crippen molar-refractivity contribution < 1.29 is 19.1 Å². The molecule has 0 unspecified atom stereocenters. The molecule has 172 valence electrons. The number of hydrogen-bond acceptors (Lipinski definition) is 4. The normalized spacial score (nSPS) is 15.0. The second-order valence-corrected chi connectivity index (χ2v) is 8.45. The fourth-order valence-electron chi connectivity index (χ4n) is 3.43. The first-order valence-corrected chi connectivity index (χ1v) is 11.3. The Kier molecular flexibility index (Phi) is 7.01. The van der Waals surface area contributed by atoms with E-state index < -0.39 is 17.8 Å². The van der Waals surface area contributed by atoms with Crippen LogP contribution < -0.4 is 15.0 Å². The fourth-order valence-corrected chi connectivity index (χ4v) is 3.74. The molecule has 8 heteroatoms. The number of carbonyl (C=O) groups excluding carboxylic acids is 3. The Bertz CT molecular complexity index is 1290. The number of benzene rings is 3. The highest BCUT2D eigenvalue weighted by Gasteiger charge is 2.37. The SMILES string of the molecule is CCc1ccc(N2C(=O)NC(=O)/C(=C\c3cc(Cl)ccc3OCc3ccc(Cl)cc3)C2=O)cc1. The van der Waals surface area contributed by atoms with E-state index in [9.17, 15) is 14.4 Å². The number of rotatable bonds is 6. The summed E-state index contributed by atoms with van der Waals surface area (Å²) in [4.78, 5) is 39.2. The highest BCUT2D eigenvalue weighted by atomic mass is 35.5. The summed E-state index contributed by atoms with van der Waals surface area (Å²) in [7, 11) is 0. The molecule has 0 bridgehead atoms. The molecule has 3 aromatic rings. The van der Waals surface area contributed by atoms with E-state index in [1.54, 1.807) is 42.5 Å². The Balaban J connectivity index is 1.65. The maximum atomic E-state index is 13.2. The van der Waals surface area contributed by atoms with Crippen molar-refractivity contribution >= 4 is 52.8 Å². The fraction of sp³-hybridized carbons (Fsp3) is 0.115. The van der Waals surface area contributed by atoms with Crippen molar-refractivity contribution in [3.63, 3.8) is 0 Å². The summed E-state index contributed by atoms with van der Waals surface area (Å²) in [6, 6.07) is 18.3. The van der Waals surface area contributed by atoms with Crippen LogP contribution in [0.15, 0.2) is 72.3 Å². The molecule has 4 rings (SSSR count). The number of urea groups is 1. The van der Waals surface area contributed by atoms with Crippen molar-refractivity contribution in [2.24, 2.45) is 0 Å². The van der Waals surface area contributed by atoms with Crippen LogP contribution in [0.2, 0.25) is 10.0 Å². The first-order chi connectivity index (χ1) is 16.4. The third-order valence-corrected chi connectivity index (χ3v) is 5.77. The van der Waals surface area contributed by atoms with Gasteiger partial charge < -0.3 is 4.74 Å². The van der Waals surface area contributed by atoms with Gasteiger partial charge in [-0.05, 0) is 66.1 Å². The molecular weight excluding hydrogens is 475 g/mol. The molecule has 34 heavy (non-hydrogen) atoms. The number of hydrogen-bond donors (Lipinski definition) is 1. The molecule has 1 aliphatic heterocycles. The maximum absolute atomic E-state index is 13.2. The van der Waals surface area contributed by atoms with Gasteiger partial charge in [0.2, 0.25) is 0 Å². The molecule has 0 atom stereocenters. The van der Waals surface area contributed by atoms with Gasteiger partial charge in [0.05, 0.1) is 5.69 Å². The van der Waals surface area contributed by atoms with Crippen LogP contribution in [0.3, 0.4) is 0 Å². The third-order valence-electron chi connectivity index (χ3n) is 5.28. The average molecular weight is 495 g/mol. The van der Waals surface area contributed by atoms with E-state index in [0.29, 0.717) is 27.0 Å². The Morgan fingerprint density at radius 2 is 1.53 bits per heavy atom. The summed E-state index contributed by atoms with van der Waals surface area (Å²) in [5.74, 6) is -1.11. The van der Waals surface area contributed by atoms with Gasteiger partial charge in [-0.1, -0.05) is 54.4 Å². The van der Waals surface area contributed by atoms with Gasteiger partial charge in [-0.3, -0.25) is 14.9 Å². The monoisotopic (exact) mass is 494 g/mol. The Hall–Kier alpha value is -3.61. The van der Waals surface area contributed by atoms with Crippen LogP contribution in [0.1, 0.15) is 23.6 Å². The lowest BCUT2D eigenvalue weighted by Crippen LogP contribution is -2.54. The first-order valence-electron chi connectivity index (χ1n) is 10.5. The summed E-state index contributed by atoms with van der Waals surface area (Å²) in [5, 5.41) is 3.24. The van der Waals surface area contributed by atoms with Crippen molar-refractivity contribution in [2.45, 2.75) is 20.0 Å². The van der Waals surface area contributed by atoms with E-state index in [0.717, 1.165) is 22.4 Å². The molecule has 6 nitrogen and oxygen atoms in total. The summed E-state index contributed by atoms with van der Waals surface area (Å²) < 4.78 is 5.92. The molecule has 1 aliphatic rings. The molecule has 0 spiro atoms. The zero-order chi connectivity index (χ0) is 24.2. The Morgan fingerprint density at radius 1 is 0.882 bits per heavy atom. The van der Waals surface area contributed by atoms with Crippen LogP contribution in [0.4, 0.5) is 10.5 Å². The van der Waals surface area contributed by atoms with Crippen LogP contribution >= 0.6 is 23.2 Å². The quantitative estimate of drug-likeness (QED) is 0.347. The minimum atomic E-state index is -0.804. The molecule has 0 aromatic heterocycles. The van der Waals surface area contributed by atoms with Gasteiger partial charge >= 0.3 is 6.03 Å². The van der Waals surface area contributed by atoms with Gasteiger partial charge in [0, 0.05) is 15.6 Å². The van der Waals surface area contributed by atoms with E-state index in [2.05, 4.69) is 5.32 Å². The van der Waals surface area contributed by atoms with Gasteiger partial charge in [0.1, 0.15) is 17.9 Å². The first kappa shape index (κ1) is 23.5. The minimum absolute atomic E-state index is 0.210. The Labute approximate surface area is 206 Å². The predicted molar refractivity (Wildman–Crippen MR) is 132 cm³/mol. The van der Waals surface area contributed by atoms with Crippen molar-refractivity contribution in [3.05, 3.63) is 99.0 Å². The number of amides is 4. The lowest BCUT2D eigenvalue weighted by molar-refractivity contribution is -0.122. The molecule has 4 amide bonds. The van der Waals surface area contributed by atoms with Crippen molar-refractivity contribution in [1.82, 2.24) is 5.32 Å². The molecule has 3 aromatic carbocycles. The van der Waals surface area contributed by atoms with Gasteiger partial charge in [0.25, 0.3) is 11.8 Å². The molecule has 1 saturated heterocycles. The zero-order valence-corrected chi connectivity index (χ0v) is 19.7. The number of ether oxygens (including phenoxy) is 1. The second-order valence-electron chi connectivity index (χ2n) is 7.58. The third kappa shape index (κ3) is 5.14. The lowest BCUT2D eigenvalue weighted by Gasteiger charge is -2.26. The second kappa shape index (κ2) is 10.1. The standard InChI is InChI=1S/C26H20Cl2N2O4/c1-2-16-5-10-21(11-6-16)30-25(32)22(24(31)29-26(30)33)14-18-13-20(28)9-12-23(18)34-15-17-3-7-19(27)8-4-17/h3-14H,2,15H2,1H3,(H,29,31,33)/b22-14+. The smallest absolute Gasteiger partial charge is 0.335 e. The number of anilines is 1. The number of nitrogens with zero attached hydrogens (tertiary/aromatic N) is 1. The number of imide groups is 2. The van der Waals surface area contributed by atoms with Gasteiger partial charge in [-0.15, -0.1) is 0 Å². The molecule has 1 heterocycles. The van der Waals surface area contributed by atoms with Crippen LogP contribution in [-0.4, -0.2) is 17.8 Å². The largest absolute Gasteiger partial charge is 0.488 e. The van der Waals surface area contributed by atoms with Gasteiger partial charge in [0.15, 0.2) is 0 Å². The van der Waals surface area contributed by atoms with Crippen LogP contribution in [0.5, 0.6) is 5.75 Å². The van der Waals surface area contributed by atoms with Crippen molar-refractivity contribution in [2.75, 3.05) is 4.90 Å². The van der Waals surface area contributed by atoms with Gasteiger partial charge in [-0.2, -0.15) is 0 Å². The number of barbiturate groups is 1. The van der Waals surface area contributed by atoms with Crippen molar-refractivity contribution in [3.8, 4) is 5.75 Å². The summed E-state index contributed by atoms with van der Waals surface area (Å²) >= 11 is 12.1. The van der Waals surface area contributed by atoms with Crippen LogP contribution in [0.25, 0.3) is 6.08 Å². The number of halogens is 2. The van der Waals surface area contributed by atoms with E-state index in [-0.39, 0.29) is 12.2 Å². The van der Waals surface area contributed by atoms with Crippen molar-refractivity contribution in [1.29, 1.82) is 0 Å². The Morgan fingerprint density at radius 3 is 2.21 bits per heavy atom. The predicted octanol–water partition coefficient (Wildman–Crippen LogP) is 5.80. The van der Waals surface area contributed by atoms with Crippen LogP contribution in [-0.2, 0) is 22.6 Å². The minimum Gasteiger partial charge on any atom is -0.488 e. The van der Waals surface area contributed by atoms with E-state index in [4.69, 9.17) is 27.9 Å². The summed E-state index contributed by atoms with van der Waals surface area (Å²) in [5.41, 5.74) is 2.52. The van der Waals surface area contributed by atoms with E-state index in [1.165, 1.54) is 6.08 Å². The molecule has 1 fully saturated rings. The molecule has 1 N–H and O–H groups in total. The molecule has 0 radical (unpaired) electrons. The molecule has 0 saturated carbocycles. The lowest BCUT2D eigenvalue weighted by atomic mass is 10.1. The van der Waals surface area contributed by atoms with E-state index >= 15 is 0 Å². The summed E-state index contributed by atoms with van der Waals surface area (Å²) in [6.45, 7) is 2.24. The zero-order valence-electron chi connectivity index (χ0n) is 18.2. The summed E-state index contributed by atoms with van der Waals surface area (Å²) in [6.07, 6.45) is 2.19. The molecule has 0 aliphatic carbocycles. The number of carbonyl (C=O) groups is 3. The highest BCUT2D eigenvalue weighted by molar-refractivity contribution is 6.39. The topological polar surface area (TPSA) is 75.7 Å². The maximum Gasteiger partial charge on any atom is 0.335 e. The number of aryl methyl sites for hydroxylation is 1.